The molecule has 3 rings (SSSR count). The monoisotopic (exact) mass is 426 g/mol. The molecule has 2 atom stereocenters. The van der Waals surface area contributed by atoms with Crippen LogP contribution in [0.3, 0.4) is 0 Å². The van der Waals surface area contributed by atoms with Crippen LogP contribution in [0.2, 0.25) is 0 Å². The highest BCUT2D eigenvalue weighted by atomic mass is 16.5. The van der Waals surface area contributed by atoms with Gasteiger partial charge < -0.3 is 19.7 Å². The second-order valence-electron chi connectivity index (χ2n) is 8.06. The van der Waals surface area contributed by atoms with Crippen LogP contribution in [-0.4, -0.2) is 32.1 Å². The summed E-state index contributed by atoms with van der Waals surface area (Å²) < 4.78 is 9.61. The van der Waals surface area contributed by atoms with Crippen molar-refractivity contribution in [2.75, 3.05) is 0 Å². The number of carbonyl (C=O) groups is 2. The van der Waals surface area contributed by atoms with Gasteiger partial charge in [0.2, 0.25) is 12.8 Å². The maximum atomic E-state index is 12.9. The summed E-state index contributed by atoms with van der Waals surface area (Å²) in [5.74, 6) is 0.203. The van der Waals surface area contributed by atoms with Gasteiger partial charge in [-0.25, -0.2) is 0 Å². The molecular formula is C21H26N6O4. The third kappa shape index (κ3) is 5.33. The van der Waals surface area contributed by atoms with Crippen LogP contribution in [0.1, 0.15) is 77.7 Å². The molecule has 10 heteroatoms. The van der Waals surface area contributed by atoms with Crippen LogP contribution >= 0.6 is 0 Å². The van der Waals surface area contributed by atoms with Crippen LogP contribution in [0.4, 0.5) is 0 Å². The zero-order chi connectivity index (χ0) is 22.5. The minimum atomic E-state index is -0.424. The normalized spacial score (nSPS) is 13.3. The second-order valence-corrected chi connectivity index (χ2v) is 8.06. The number of nitrogens with one attached hydrogen (secondary N) is 2. The highest BCUT2D eigenvalue weighted by Gasteiger charge is 2.25. The first-order valence-electron chi connectivity index (χ1n) is 10.0. The summed E-state index contributed by atoms with van der Waals surface area (Å²) >= 11 is 0. The van der Waals surface area contributed by atoms with Gasteiger partial charge in [-0.3, -0.25) is 9.59 Å². The molecule has 3 aromatic rings. The van der Waals surface area contributed by atoms with E-state index < -0.39 is 12.1 Å². The average Bonchev–Trinajstić information content (AvgIpc) is 3.43. The lowest BCUT2D eigenvalue weighted by Crippen LogP contribution is -2.34. The summed E-state index contributed by atoms with van der Waals surface area (Å²) in [6.45, 7) is 9.60. The fourth-order valence-electron chi connectivity index (χ4n) is 3.18. The lowest BCUT2D eigenvalue weighted by atomic mass is 10.0. The van der Waals surface area contributed by atoms with Gasteiger partial charge in [-0.1, -0.05) is 38.0 Å². The maximum absolute atomic E-state index is 12.9. The lowest BCUT2D eigenvalue weighted by Gasteiger charge is -2.20. The number of benzene rings is 1. The van der Waals surface area contributed by atoms with Crippen molar-refractivity contribution in [1.29, 1.82) is 0 Å². The van der Waals surface area contributed by atoms with Crippen LogP contribution in [0.5, 0.6) is 0 Å². The van der Waals surface area contributed by atoms with Crippen molar-refractivity contribution in [3.05, 3.63) is 59.3 Å². The molecule has 0 saturated heterocycles. The number of aromatic nitrogens is 4. The SMILES string of the molecule is Cc1cc(C(=O)NC(c2ncon2)C(C)C)cc(C(=O)NC(c2ncon2)C(C)C)c1. The summed E-state index contributed by atoms with van der Waals surface area (Å²) in [4.78, 5) is 34.0. The largest absolute Gasteiger partial charge is 0.343 e. The number of aryl methyl sites for hydroxylation is 1. The van der Waals surface area contributed by atoms with E-state index in [-0.39, 0.29) is 23.7 Å². The Kier molecular flexibility index (Phi) is 6.78. The summed E-state index contributed by atoms with van der Waals surface area (Å²) in [6, 6.07) is 4.15. The molecular weight excluding hydrogens is 400 g/mol. The molecule has 0 aliphatic rings. The topological polar surface area (TPSA) is 136 Å². The van der Waals surface area contributed by atoms with Crippen molar-refractivity contribution in [3.8, 4) is 0 Å². The molecule has 10 nitrogen and oxygen atoms in total. The first-order valence-corrected chi connectivity index (χ1v) is 10.0. The number of hydrogen-bond acceptors (Lipinski definition) is 8. The van der Waals surface area contributed by atoms with Crippen molar-refractivity contribution in [3.63, 3.8) is 0 Å². The quantitative estimate of drug-likeness (QED) is 0.561. The van der Waals surface area contributed by atoms with Crippen molar-refractivity contribution >= 4 is 11.8 Å². The molecule has 0 bridgehead atoms. The molecule has 164 valence electrons. The maximum Gasteiger partial charge on any atom is 0.251 e. The predicted octanol–water partition coefficient (Wildman–Crippen LogP) is 3.02. The number of hydrogen-bond donors (Lipinski definition) is 2. The molecule has 0 aliphatic carbocycles. The molecule has 0 radical (unpaired) electrons. The van der Waals surface area contributed by atoms with E-state index >= 15 is 0 Å². The third-order valence-corrected chi connectivity index (χ3v) is 4.82. The van der Waals surface area contributed by atoms with Crippen molar-refractivity contribution in [2.24, 2.45) is 11.8 Å². The van der Waals surface area contributed by atoms with E-state index in [4.69, 9.17) is 9.05 Å². The number of rotatable bonds is 8. The van der Waals surface area contributed by atoms with Gasteiger partial charge >= 0.3 is 0 Å². The predicted molar refractivity (Wildman–Crippen MR) is 110 cm³/mol. The van der Waals surface area contributed by atoms with Crippen LogP contribution < -0.4 is 10.6 Å². The Balaban J connectivity index is 1.80. The zero-order valence-corrected chi connectivity index (χ0v) is 18.1. The van der Waals surface area contributed by atoms with Gasteiger partial charge in [0.25, 0.3) is 11.8 Å². The molecule has 2 heterocycles. The lowest BCUT2D eigenvalue weighted by molar-refractivity contribution is 0.0922. The minimum absolute atomic E-state index is 0.0379. The van der Waals surface area contributed by atoms with Gasteiger partial charge in [0, 0.05) is 11.1 Å². The molecule has 2 amide bonds. The summed E-state index contributed by atoms with van der Waals surface area (Å²) in [7, 11) is 0. The molecule has 2 aromatic heterocycles. The van der Waals surface area contributed by atoms with Crippen LogP contribution in [-0.2, 0) is 0 Å². The third-order valence-electron chi connectivity index (χ3n) is 4.82. The number of nitrogens with zero attached hydrogens (tertiary/aromatic N) is 4. The van der Waals surface area contributed by atoms with E-state index in [0.717, 1.165) is 5.56 Å². The Morgan fingerprint density at radius 1 is 0.774 bits per heavy atom. The first kappa shape index (κ1) is 22.1. The van der Waals surface area contributed by atoms with E-state index in [1.165, 1.54) is 12.8 Å². The van der Waals surface area contributed by atoms with E-state index in [1.54, 1.807) is 18.2 Å². The van der Waals surface area contributed by atoms with Gasteiger partial charge in [-0.05, 0) is 42.5 Å². The summed E-state index contributed by atoms with van der Waals surface area (Å²) in [5, 5.41) is 13.5. The number of carbonyl (C=O) groups excluding carboxylic acids is 2. The van der Waals surface area contributed by atoms with Crippen LogP contribution in [0, 0.1) is 18.8 Å². The minimum Gasteiger partial charge on any atom is -0.343 e. The molecule has 1 aromatic carbocycles. The Bertz CT molecular complexity index is 936. The van der Waals surface area contributed by atoms with E-state index in [0.29, 0.717) is 22.8 Å². The zero-order valence-electron chi connectivity index (χ0n) is 18.1. The second kappa shape index (κ2) is 9.50. The van der Waals surface area contributed by atoms with Crippen LogP contribution in [0.25, 0.3) is 0 Å². The van der Waals surface area contributed by atoms with Crippen molar-refractivity contribution in [2.45, 2.75) is 46.7 Å². The average molecular weight is 426 g/mol. The van der Waals surface area contributed by atoms with Gasteiger partial charge in [-0.2, -0.15) is 9.97 Å². The Hall–Kier alpha value is -3.56. The van der Waals surface area contributed by atoms with Gasteiger partial charge in [0.15, 0.2) is 11.6 Å². The Labute approximate surface area is 179 Å². The summed E-state index contributed by atoms with van der Waals surface area (Å²) in [6.07, 6.45) is 2.45. The smallest absolute Gasteiger partial charge is 0.251 e. The first-order chi connectivity index (χ1) is 14.8. The van der Waals surface area contributed by atoms with E-state index in [9.17, 15) is 9.59 Å². The van der Waals surface area contributed by atoms with Crippen LogP contribution in [0.15, 0.2) is 40.0 Å². The standard InChI is InChI=1S/C21H26N6O4/c1-11(2)16(18-22-9-30-26-18)24-20(28)14-6-13(5)7-15(8-14)21(29)25-17(12(3)4)19-23-10-31-27-19/h6-12,16-17H,1-5H3,(H,24,28)(H,25,29). The summed E-state index contributed by atoms with van der Waals surface area (Å²) in [5.41, 5.74) is 1.50. The van der Waals surface area contributed by atoms with Gasteiger partial charge in [0.05, 0.1) is 12.1 Å². The molecule has 2 unspecified atom stereocenters. The molecule has 0 spiro atoms. The van der Waals surface area contributed by atoms with Crippen molar-refractivity contribution < 1.29 is 18.6 Å². The number of amides is 2. The Morgan fingerprint density at radius 2 is 1.19 bits per heavy atom. The van der Waals surface area contributed by atoms with Gasteiger partial charge in [-0.15, -0.1) is 0 Å². The molecule has 2 N–H and O–H groups in total. The van der Waals surface area contributed by atoms with E-state index in [1.807, 2.05) is 34.6 Å². The highest BCUT2D eigenvalue weighted by molar-refractivity contribution is 6.00. The molecule has 31 heavy (non-hydrogen) atoms. The van der Waals surface area contributed by atoms with Gasteiger partial charge in [0.1, 0.15) is 0 Å². The fraction of sp³-hybridized carbons (Fsp3) is 0.429. The molecule has 0 aliphatic heterocycles. The Morgan fingerprint density at radius 3 is 1.52 bits per heavy atom. The molecule has 0 fully saturated rings. The fourth-order valence-corrected chi connectivity index (χ4v) is 3.18. The highest BCUT2D eigenvalue weighted by Crippen LogP contribution is 2.21. The van der Waals surface area contributed by atoms with Crippen molar-refractivity contribution in [1.82, 2.24) is 30.9 Å². The molecule has 0 saturated carbocycles. The van der Waals surface area contributed by atoms with E-state index in [2.05, 4.69) is 30.9 Å².